The molecule has 0 unspecified atom stereocenters. The van der Waals surface area contributed by atoms with Gasteiger partial charge < -0.3 is 15.7 Å². The zero-order valence-corrected chi connectivity index (χ0v) is 12.8. The third kappa shape index (κ3) is 4.11. The van der Waals surface area contributed by atoms with Crippen molar-refractivity contribution in [2.45, 2.75) is 24.0 Å². The maximum Gasteiger partial charge on any atom is 0.355 e. The molecule has 3 N–H and O–H groups in total. The third-order valence-corrected chi connectivity index (χ3v) is 5.53. The Kier molecular flexibility index (Phi) is 4.87. The molecule has 1 heterocycles. The Morgan fingerprint density at radius 3 is 2.80 bits per heavy atom. The fourth-order valence-electron chi connectivity index (χ4n) is 1.70. The zero-order chi connectivity index (χ0) is 14.6. The van der Waals surface area contributed by atoms with Gasteiger partial charge >= 0.3 is 12.0 Å². The van der Waals surface area contributed by atoms with E-state index in [1.807, 2.05) is 0 Å². The first kappa shape index (κ1) is 15.1. The molecule has 1 fully saturated rings. The Morgan fingerprint density at radius 2 is 2.25 bits per heavy atom. The number of carbonyl (C=O) groups is 2. The average Bonchev–Trinajstić information content (AvgIpc) is 3.06. The molecule has 0 radical (unpaired) electrons. The molecular formula is C12H17N3O3S2. The molecule has 6 nitrogen and oxygen atoms in total. The van der Waals surface area contributed by atoms with Crippen LogP contribution in [0.2, 0.25) is 0 Å². The third-order valence-electron chi connectivity index (χ3n) is 3.21. The van der Waals surface area contributed by atoms with E-state index in [9.17, 15) is 9.59 Å². The summed E-state index contributed by atoms with van der Waals surface area (Å²) >= 11 is 3.09. The number of nitrogens with zero attached hydrogens (tertiary/aromatic N) is 1. The lowest BCUT2D eigenvalue weighted by Gasteiger charge is -2.13. The van der Waals surface area contributed by atoms with Gasteiger partial charge in [-0.25, -0.2) is 14.6 Å². The standard InChI is InChI=1S/C12H17N3O3S2/c1-19-12(3-4-12)7-14-11(18)13-5-2-9-15-8(6-20-9)10(16)17/h6H,2-5,7H2,1H3,(H,16,17)(H2,13,14,18). The maximum atomic E-state index is 11.6. The lowest BCUT2D eigenvalue weighted by molar-refractivity contribution is 0.0691. The van der Waals surface area contributed by atoms with Crippen LogP contribution in [0.25, 0.3) is 0 Å². The van der Waals surface area contributed by atoms with Crippen LogP contribution >= 0.6 is 23.1 Å². The summed E-state index contributed by atoms with van der Waals surface area (Å²) in [5.41, 5.74) is 0.0603. The van der Waals surface area contributed by atoms with Crippen molar-refractivity contribution in [1.29, 1.82) is 0 Å². The molecule has 1 aliphatic rings. The second-order valence-corrected chi connectivity index (χ2v) is 6.90. The number of amides is 2. The first-order chi connectivity index (χ1) is 9.54. The monoisotopic (exact) mass is 315 g/mol. The molecule has 0 aromatic carbocycles. The minimum Gasteiger partial charge on any atom is -0.476 e. The number of carboxylic acid groups (broad SMARTS) is 1. The summed E-state index contributed by atoms with van der Waals surface area (Å²) in [4.78, 5) is 26.2. The Labute approximate surface area is 125 Å². The summed E-state index contributed by atoms with van der Waals surface area (Å²) in [6.45, 7) is 1.14. The van der Waals surface area contributed by atoms with Crippen LogP contribution in [0.4, 0.5) is 4.79 Å². The van der Waals surface area contributed by atoms with Gasteiger partial charge in [0.15, 0.2) is 5.69 Å². The second-order valence-electron chi connectivity index (χ2n) is 4.68. The van der Waals surface area contributed by atoms with Crippen LogP contribution < -0.4 is 10.6 Å². The van der Waals surface area contributed by atoms with Crippen LogP contribution in [0.5, 0.6) is 0 Å². The van der Waals surface area contributed by atoms with Crippen molar-refractivity contribution >= 4 is 35.1 Å². The van der Waals surface area contributed by atoms with Gasteiger partial charge in [0, 0.05) is 29.6 Å². The molecule has 110 valence electrons. The van der Waals surface area contributed by atoms with Crippen molar-refractivity contribution in [2.75, 3.05) is 19.3 Å². The highest BCUT2D eigenvalue weighted by Crippen LogP contribution is 2.46. The lowest BCUT2D eigenvalue weighted by atomic mass is 10.4. The molecule has 0 aliphatic heterocycles. The number of thiazole rings is 1. The van der Waals surface area contributed by atoms with E-state index in [1.54, 1.807) is 11.8 Å². The molecule has 1 aromatic rings. The number of nitrogens with one attached hydrogen (secondary N) is 2. The van der Waals surface area contributed by atoms with Gasteiger partial charge in [0.05, 0.1) is 5.01 Å². The SMILES string of the molecule is CSC1(CNC(=O)NCCc2nc(C(=O)O)cs2)CC1. The Balaban J connectivity index is 1.64. The Hall–Kier alpha value is -1.28. The summed E-state index contributed by atoms with van der Waals surface area (Å²) < 4.78 is 0.253. The fourth-order valence-corrected chi connectivity index (χ4v) is 3.20. The van der Waals surface area contributed by atoms with Gasteiger partial charge in [-0.3, -0.25) is 0 Å². The molecule has 1 aliphatic carbocycles. The van der Waals surface area contributed by atoms with E-state index >= 15 is 0 Å². The molecule has 0 atom stereocenters. The Bertz CT molecular complexity index is 500. The normalized spacial score (nSPS) is 15.7. The van der Waals surface area contributed by atoms with E-state index in [4.69, 9.17) is 5.11 Å². The molecule has 2 rings (SSSR count). The van der Waals surface area contributed by atoms with Gasteiger partial charge in [-0.15, -0.1) is 11.3 Å². The average molecular weight is 315 g/mol. The molecule has 1 aromatic heterocycles. The first-order valence-electron chi connectivity index (χ1n) is 6.29. The van der Waals surface area contributed by atoms with Gasteiger partial charge in [0.25, 0.3) is 0 Å². The van der Waals surface area contributed by atoms with E-state index in [0.29, 0.717) is 24.5 Å². The summed E-state index contributed by atoms with van der Waals surface area (Å²) in [5, 5.41) is 16.6. The van der Waals surface area contributed by atoms with E-state index in [-0.39, 0.29) is 16.5 Å². The van der Waals surface area contributed by atoms with Crippen molar-refractivity contribution in [3.8, 4) is 0 Å². The Morgan fingerprint density at radius 1 is 1.50 bits per heavy atom. The lowest BCUT2D eigenvalue weighted by Crippen LogP contribution is -2.40. The smallest absolute Gasteiger partial charge is 0.355 e. The number of rotatable bonds is 7. The first-order valence-corrected chi connectivity index (χ1v) is 8.40. The molecule has 20 heavy (non-hydrogen) atoms. The van der Waals surface area contributed by atoms with Gasteiger partial charge in [-0.1, -0.05) is 0 Å². The highest BCUT2D eigenvalue weighted by Gasteiger charge is 2.41. The summed E-state index contributed by atoms with van der Waals surface area (Å²) in [5.74, 6) is -1.02. The number of aromatic nitrogens is 1. The number of hydrogen-bond donors (Lipinski definition) is 3. The van der Waals surface area contributed by atoms with E-state index in [1.165, 1.54) is 16.7 Å². The highest BCUT2D eigenvalue weighted by molar-refractivity contribution is 8.00. The second kappa shape index (κ2) is 6.45. The molecule has 0 bridgehead atoms. The number of carboxylic acids is 1. The van der Waals surface area contributed by atoms with Crippen LogP contribution in [0, 0.1) is 0 Å². The van der Waals surface area contributed by atoms with Crippen LogP contribution in [0.1, 0.15) is 28.3 Å². The maximum absolute atomic E-state index is 11.6. The van der Waals surface area contributed by atoms with E-state index < -0.39 is 5.97 Å². The summed E-state index contributed by atoms with van der Waals surface area (Å²) in [6.07, 6.45) is 4.92. The number of carbonyl (C=O) groups excluding carboxylic acids is 1. The largest absolute Gasteiger partial charge is 0.476 e. The van der Waals surface area contributed by atoms with Crippen molar-refractivity contribution in [2.24, 2.45) is 0 Å². The fraction of sp³-hybridized carbons (Fsp3) is 0.583. The predicted molar refractivity (Wildman–Crippen MR) is 79.7 cm³/mol. The predicted octanol–water partition coefficient (Wildman–Crippen LogP) is 1.58. The van der Waals surface area contributed by atoms with Crippen molar-refractivity contribution < 1.29 is 14.7 Å². The minimum absolute atomic E-state index is 0.0603. The van der Waals surface area contributed by atoms with Crippen molar-refractivity contribution in [1.82, 2.24) is 15.6 Å². The summed E-state index contributed by atoms with van der Waals surface area (Å²) in [6, 6.07) is -0.180. The van der Waals surface area contributed by atoms with Crippen LogP contribution in [-0.2, 0) is 6.42 Å². The van der Waals surface area contributed by atoms with Gasteiger partial charge in [-0.05, 0) is 19.1 Å². The minimum atomic E-state index is -1.02. The molecule has 0 spiro atoms. The molecule has 1 saturated carbocycles. The quantitative estimate of drug-likeness (QED) is 0.710. The van der Waals surface area contributed by atoms with Crippen molar-refractivity contribution in [3.05, 3.63) is 16.1 Å². The van der Waals surface area contributed by atoms with Gasteiger partial charge in [0.2, 0.25) is 0 Å². The van der Waals surface area contributed by atoms with Gasteiger partial charge in [0.1, 0.15) is 0 Å². The highest BCUT2D eigenvalue weighted by atomic mass is 32.2. The molecular weight excluding hydrogens is 298 g/mol. The number of urea groups is 1. The summed E-state index contributed by atoms with van der Waals surface area (Å²) in [7, 11) is 0. The van der Waals surface area contributed by atoms with E-state index in [2.05, 4.69) is 21.9 Å². The topological polar surface area (TPSA) is 91.3 Å². The van der Waals surface area contributed by atoms with Crippen molar-refractivity contribution in [3.63, 3.8) is 0 Å². The van der Waals surface area contributed by atoms with Crippen LogP contribution in [0.15, 0.2) is 5.38 Å². The molecule has 0 saturated heterocycles. The number of thioether (sulfide) groups is 1. The zero-order valence-electron chi connectivity index (χ0n) is 11.1. The number of hydrogen-bond acceptors (Lipinski definition) is 5. The van der Waals surface area contributed by atoms with Crippen LogP contribution in [0.3, 0.4) is 0 Å². The van der Waals surface area contributed by atoms with Gasteiger partial charge in [-0.2, -0.15) is 11.8 Å². The number of aromatic carboxylic acids is 1. The van der Waals surface area contributed by atoms with E-state index in [0.717, 1.165) is 12.8 Å². The molecule has 8 heteroatoms. The molecule has 2 amide bonds. The van der Waals surface area contributed by atoms with Crippen LogP contribution in [-0.4, -0.2) is 46.2 Å².